The summed E-state index contributed by atoms with van der Waals surface area (Å²) in [5.41, 5.74) is 0. The van der Waals surface area contributed by atoms with Crippen LogP contribution >= 0.6 is 0 Å². The van der Waals surface area contributed by atoms with Crippen molar-refractivity contribution in [3.63, 3.8) is 0 Å². The molecule has 3 nitrogen and oxygen atoms in total. The van der Waals surface area contributed by atoms with E-state index in [1.54, 1.807) is 11.2 Å². The van der Waals surface area contributed by atoms with E-state index in [2.05, 4.69) is 18.2 Å². The van der Waals surface area contributed by atoms with E-state index in [1.807, 2.05) is 11.0 Å². The van der Waals surface area contributed by atoms with Crippen LogP contribution in [0.3, 0.4) is 0 Å². The summed E-state index contributed by atoms with van der Waals surface area (Å²) in [5, 5.41) is 0. The lowest BCUT2D eigenvalue weighted by Crippen LogP contribution is -3.27. The van der Waals surface area contributed by atoms with Crippen LogP contribution in [0.15, 0.2) is 35.0 Å². The average Bonchev–Trinajstić information content (AvgIpc) is 3.18. The number of quaternary nitrogens is 2. The van der Waals surface area contributed by atoms with Crippen molar-refractivity contribution >= 4 is 0 Å². The summed E-state index contributed by atoms with van der Waals surface area (Å²) in [6, 6.07) is 4.10. The molecule has 0 amide bonds. The number of nitrogens with one attached hydrogen (secondary N) is 2. The first-order valence-corrected chi connectivity index (χ1v) is 8.24. The SMILES string of the molecule is C1=C[C@H]2C[C@@H]1C[C@H]2C[NH+]1CC[NH+](Cc2ccco2)CC1. The zero-order valence-electron chi connectivity index (χ0n) is 12.2. The molecular weight excluding hydrogens is 248 g/mol. The number of hydrogen-bond donors (Lipinski definition) is 2. The Hall–Kier alpha value is -1.06. The second kappa shape index (κ2) is 5.38. The lowest BCUT2D eigenvalue weighted by Gasteiger charge is -2.32. The van der Waals surface area contributed by atoms with Gasteiger partial charge >= 0.3 is 0 Å². The number of allylic oxidation sites excluding steroid dienone is 2. The third-order valence-electron chi connectivity index (χ3n) is 5.64. The fraction of sp³-hybridized carbons (Fsp3) is 0.647. The molecule has 3 heteroatoms. The molecule has 1 aliphatic heterocycles. The first-order chi connectivity index (χ1) is 9.87. The summed E-state index contributed by atoms with van der Waals surface area (Å²) in [6.07, 6.45) is 9.67. The number of furan rings is 1. The van der Waals surface area contributed by atoms with Crippen molar-refractivity contribution in [3.8, 4) is 0 Å². The van der Waals surface area contributed by atoms with Crippen LogP contribution in [0.25, 0.3) is 0 Å². The molecule has 3 atom stereocenters. The Morgan fingerprint density at radius 3 is 2.55 bits per heavy atom. The molecule has 4 rings (SSSR count). The summed E-state index contributed by atoms with van der Waals surface area (Å²) in [7, 11) is 0. The number of rotatable bonds is 4. The standard InChI is InChI=1S/C17H24N2O/c1-2-17(20-9-1)13-19-7-5-18(6-8-19)12-16-11-14-3-4-15(16)10-14/h1-4,9,14-16H,5-8,10-13H2/p+2/t14-,15+,16+/m1/s1. The molecule has 1 saturated heterocycles. The van der Waals surface area contributed by atoms with Crippen LogP contribution in [0, 0.1) is 17.8 Å². The Kier molecular flexibility index (Phi) is 3.41. The minimum absolute atomic E-state index is 0.918. The summed E-state index contributed by atoms with van der Waals surface area (Å²) >= 11 is 0. The molecule has 2 fully saturated rings. The van der Waals surface area contributed by atoms with Gasteiger partial charge < -0.3 is 14.2 Å². The van der Waals surface area contributed by atoms with Gasteiger partial charge in [-0.2, -0.15) is 0 Å². The van der Waals surface area contributed by atoms with E-state index < -0.39 is 0 Å². The number of fused-ring (bicyclic) bond motifs is 2. The van der Waals surface area contributed by atoms with Crippen LogP contribution < -0.4 is 9.80 Å². The Morgan fingerprint density at radius 2 is 1.90 bits per heavy atom. The van der Waals surface area contributed by atoms with Crippen LogP contribution in [-0.2, 0) is 6.54 Å². The minimum Gasteiger partial charge on any atom is -0.463 e. The largest absolute Gasteiger partial charge is 0.463 e. The summed E-state index contributed by atoms with van der Waals surface area (Å²) in [6.45, 7) is 7.76. The molecule has 1 saturated carbocycles. The van der Waals surface area contributed by atoms with Crippen molar-refractivity contribution < 1.29 is 14.2 Å². The maximum Gasteiger partial charge on any atom is 0.157 e. The van der Waals surface area contributed by atoms with Crippen molar-refractivity contribution in [1.82, 2.24) is 0 Å². The van der Waals surface area contributed by atoms with Gasteiger partial charge in [0.15, 0.2) is 5.76 Å². The molecule has 3 aliphatic rings. The van der Waals surface area contributed by atoms with Crippen molar-refractivity contribution in [2.24, 2.45) is 17.8 Å². The van der Waals surface area contributed by atoms with Gasteiger partial charge in [0.1, 0.15) is 32.7 Å². The smallest absolute Gasteiger partial charge is 0.157 e. The van der Waals surface area contributed by atoms with E-state index in [1.165, 1.54) is 45.6 Å². The molecule has 2 N–H and O–H groups in total. The van der Waals surface area contributed by atoms with Crippen LogP contribution in [0.5, 0.6) is 0 Å². The zero-order valence-corrected chi connectivity index (χ0v) is 12.2. The topological polar surface area (TPSA) is 22.0 Å². The van der Waals surface area contributed by atoms with Gasteiger partial charge in [-0.05, 0) is 36.8 Å². The Balaban J connectivity index is 1.24. The van der Waals surface area contributed by atoms with Crippen LogP contribution in [0.1, 0.15) is 18.6 Å². The van der Waals surface area contributed by atoms with Crippen LogP contribution in [0.4, 0.5) is 0 Å². The molecule has 1 aromatic rings. The second-order valence-corrected chi connectivity index (χ2v) is 7.00. The van der Waals surface area contributed by atoms with Gasteiger partial charge in [0.2, 0.25) is 0 Å². The van der Waals surface area contributed by atoms with Crippen molar-refractivity contribution in [2.45, 2.75) is 19.4 Å². The molecule has 20 heavy (non-hydrogen) atoms. The molecule has 0 aromatic carbocycles. The van der Waals surface area contributed by atoms with E-state index in [-0.39, 0.29) is 0 Å². The minimum atomic E-state index is 0.918. The normalized spacial score (nSPS) is 39.5. The first kappa shape index (κ1) is 12.7. The highest BCUT2D eigenvalue weighted by atomic mass is 16.3. The second-order valence-electron chi connectivity index (χ2n) is 7.00. The van der Waals surface area contributed by atoms with E-state index in [0.717, 1.165) is 30.1 Å². The van der Waals surface area contributed by atoms with Gasteiger partial charge in [0.25, 0.3) is 0 Å². The van der Waals surface area contributed by atoms with Gasteiger partial charge in [0.05, 0.1) is 12.8 Å². The number of piperazine rings is 1. The highest BCUT2D eigenvalue weighted by Crippen LogP contribution is 2.42. The van der Waals surface area contributed by atoms with Crippen molar-refractivity contribution in [3.05, 3.63) is 36.3 Å². The fourth-order valence-electron chi connectivity index (χ4n) is 4.50. The Bertz CT molecular complexity index is 459. The summed E-state index contributed by atoms with van der Waals surface area (Å²) in [4.78, 5) is 3.54. The molecule has 0 spiro atoms. The fourth-order valence-corrected chi connectivity index (χ4v) is 4.50. The molecule has 2 heterocycles. The molecule has 2 aliphatic carbocycles. The molecular formula is C17H26N2O+2. The zero-order chi connectivity index (χ0) is 13.4. The monoisotopic (exact) mass is 274 g/mol. The van der Waals surface area contributed by atoms with Crippen molar-refractivity contribution in [1.29, 1.82) is 0 Å². The van der Waals surface area contributed by atoms with Gasteiger partial charge in [-0.3, -0.25) is 0 Å². The van der Waals surface area contributed by atoms with Gasteiger partial charge in [-0.25, -0.2) is 0 Å². The van der Waals surface area contributed by atoms with E-state index in [4.69, 9.17) is 4.42 Å². The van der Waals surface area contributed by atoms with E-state index in [0.29, 0.717) is 0 Å². The lowest BCUT2D eigenvalue weighted by molar-refractivity contribution is -1.02. The Labute approximate surface area is 121 Å². The quantitative estimate of drug-likeness (QED) is 0.728. The maximum absolute atomic E-state index is 5.47. The third kappa shape index (κ3) is 2.57. The highest BCUT2D eigenvalue weighted by Gasteiger charge is 2.38. The van der Waals surface area contributed by atoms with E-state index in [9.17, 15) is 0 Å². The molecule has 108 valence electrons. The predicted molar refractivity (Wildman–Crippen MR) is 77.5 cm³/mol. The van der Waals surface area contributed by atoms with E-state index >= 15 is 0 Å². The lowest BCUT2D eigenvalue weighted by atomic mass is 9.93. The summed E-state index contributed by atoms with van der Waals surface area (Å²) in [5.74, 6) is 3.96. The molecule has 0 radical (unpaired) electrons. The van der Waals surface area contributed by atoms with Crippen LogP contribution in [-0.4, -0.2) is 32.7 Å². The van der Waals surface area contributed by atoms with Gasteiger partial charge in [-0.1, -0.05) is 12.2 Å². The van der Waals surface area contributed by atoms with Crippen LogP contribution in [0.2, 0.25) is 0 Å². The molecule has 0 unspecified atom stereocenters. The Morgan fingerprint density at radius 1 is 1.05 bits per heavy atom. The first-order valence-electron chi connectivity index (χ1n) is 8.24. The summed E-state index contributed by atoms with van der Waals surface area (Å²) < 4.78 is 5.47. The van der Waals surface area contributed by atoms with Gasteiger partial charge in [-0.15, -0.1) is 0 Å². The molecule has 1 aromatic heterocycles. The van der Waals surface area contributed by atoms with Gasteiger partial charge in [0, 0.05) is 5.92 Å². The molecule has 2 bridgehead atoms. The van der Waals surface area contributed by atoms with Crippen molar-refractivity contribution in [2.75, 3.05) is 32.7 Å². The predicted octanol–water partition coefficient (Wildman–Crippen LogP) is -0.225. The average molecular weight is 274 g/mol. The highest BCUT2D eigenvalue weighted by molar-refractivity contribution is 5.09. The third-order valence-corrected chi connectivity index (χ3v) is 5.64. The number of hydrogen-bond acceptors (Lipinski definition) is 1. The maximum atomic E-state index is 5.47.